The van der Waals surface area contributed by atoms with Crippen molar-refractivity contribution in [2.45, 2.75) is 19.1 Å². The zero-order chi connectivity index (χ0) is 25.1. The summed E-state index contributed by atoms with van der Waals surface area (Å²) in [5, 5.41) is 10.9. The van der Waals surface area contributed by atoms with Crippen LogP contribution in [0.5, 0.6) is 11.8 Å². The lowest BCUT2D eigenvalue weighted by molar-refractivity contribution is -0.389. The molecule has 3 heterocycles. The van der Waals surface area contributed by atoms with E-state index in [1.807, 2.05) is 19.1 Å². The lowest BCUT2D eigenvalue weighted by atomic mass is 10.1. The van der Waals surface area contributed by atoms with Crippen LogP contribution < -0.4 is 14.4 Å². The van der Waals surface area contributed by atoms with Crippen molar-refractivity contribution < 1.29 is 14.4 Å². The van der Waals surface area contributed by atoms with Gasteiger partial charge in [-0.2, -0.15) is 0 Å². The first kappa shape index (κ1) is 24.3. The molecular weight excluding hydrogens is 526 g/mol. The van der Waals surface area contributed by atoms with Crippen molar-refractivity contribution in [1.29, 1.82) is 0 Å². The van der Waals surface area contributed by atoms with Gasteiger partial charge in [-0.25, -0.2) is 0 Å². The van der Waals surface area contributed by atoms with E-state index in [0.29, 0.717) is 13.2 Å². The van der Waals surface area contributed by atoms with Crippen molar-refractivity contribution in [1.82, 2.24) is 14.5 Å². The minimum atomic E-state index is -0.627. The van der Waals surface area contributed by atoms with Crippen molar-refractivity contribution in [3.05, 3.63) is 81.0 Å². The quantitative estimate of drug-likeness (QED) is 0.297. The maximum Gasteiger partial charge on any atom is 0.415 e. The van der Waals surface area contributed by atoms with E-state index >= 15 is 0 Å². The van der Waals surface area contributed by atoms with Crippen LogP contribution in [-0.4, -0.2) is 64.3 Å². The highest BCUT2D eigenvalue weighted by Gasteiger charge is 2.41. The highest BCUT2D eigenvalue weighted by Crippen LogP contribution is 2.31. The molecule has 9 nitrogen and oxygen atoms in total. The second-order valence-corrected chi connectivity index (χ2v) is 10.3. The zero-order valence-corrected chi connectivity index (χ0v) is 21.6. The molecule has 1 saturated heterocycles. The summed E-state index contributed by atoms with van der Waals surface area (Å²) < 4.78 is 14.6. The number of nitrogens with zero attached hydrogens (tertiary/aromatic N) is 5. The van der Waals surface area contributed by atoms with Gasteiger partial charge in [0.1, 0.15) is 18.6 Å². The summed E-state index contributed by atoms with van der Waals surface area (Å²) in [4.78, 5) is 19.1. The van der Waals surface area contributed by atoms with Crippen LogP contribution in [0, 0.1) is 10.1 Å². The van der Waals surface area contributed by atoms with Gasteiger partial charge in [-0.05, 0) is 53.8 Å². The lowest BCUT2D eigenvalue weighted by Gasteiger charge is -2.35. The number of anilines is 1. The molecule has 0 amide bonds. The van der Waals surface area contributed by atoms with Gasteiger partial charge in [-0.3, -0.25) is 9.47 Å². The number of hydrogen-bond acceptors (Lipinski definition) is 7. The first-order valence-electron chi connectivity index (χ1n) is 11.9. The average molecular weight is 554 g/mol. The Balaban J connectivity index is 1.07. The number of halogens is 1. The summed E-state index contributed by atoms with van der Waals surface area (Å²) in [6.07, 6.45) is 5.80. The van der Waals surface area contributed by atoms with E-state index in [9.17, 15) is 10.1 Å². The molecule has 36 heavy (non-hydrogen) atoms. The third kappa shape index (κ3) is 5.71. The Hall–Kier alpha value is -3.37. The third-order valence-electron chi connectivity index (χ3n) is 6.42. The Morgan fingerprint density at radius 1 is 1.14 bits per heavy atom. The first-order chi connectivity index (χ1) is 17.4. The minimum Gasteiger partial charge on any atom is -0.489 e. The van der Waals surface area contributed by atoms with E-state index in [0.717, 1.165) is 42.9 Å². The van der Waals surface area contributed by atoms with Crippen molar-refractivity contribution in [3.8, 4) is 11.8 Å². The molecule has 5 rings (SSSR count). The molecular formula is C26H28BrN5O4. The van der Waals surface area contributed by atoms with Crippen LogP contribution in [0.4, 0.5) is 11.5 Å². The zero-order valence-electron chi connectivity index (χ0n) is 20.0. The molecule has 0 saturated carbocycles. The third-order valence-corrected chi connectivity index (χ3v) is 6.95. The molecule has 0 spiro atoms. The van der Waals surface area contributed by atoms with Gasteiger partial charge in [-0.15, -0.1) is 0 Å². The van der Waals surface area contributed by atoms with Crippen molar-refractivity contribution in [3.63, 3.8) is 0 Å². The first-order valence-corrected chi connectivity index (χ1v) is 12.7. The minimum absolute atomic E-state index is 0.207. The fourth-order valence-electron chi connectivity index (χ4n) is 4.45. The fraction of sp³-hybridized carbons (Fsp3) is 0.346. The molecule has 2 aliphatic heterocycles. The molecule has 0 N–H and O–H groups in total. The van der Waals surface area contributed by atoms with E-state index in [1.54, 1.807) is 4.57 Å². The summed E-state index contributed by atoms with van der Waals surface area (Å²) in [6.45, 7) is 7.63. The SMILES string of the molecule is C[C@]1(COc2ccc(N3CCN(CC=Cc4ccc(Br)cc4)CC3)cc2)Cn2cc([N+](=O)[O-])nc2O1. The number of imidazole rings is 1. The highest BCUT2D eigenvalue weighted by molar-refractivity contribution is 9.10. The normalized spacial score (nSPS) is 19.9. The van der Waals surface area contributed by atoms with Gasteiger partial charge in [0, 0.05) is 47.9 Å². The van der Waals surface area contributed by atoms with Crippen LogP contribution in [0.25, 0.3) is 6.08 Å². The number of ether oxygens (including phenoxy) is 2. The van der Waals surface area contributed by atoms with Gasteiger partial charge < -0.3 is 24.5 Å². The summed E-state index contributed by atoms with van der Waals surface area (Å²) in [5.74, 6) is 0.553. The number of nitro groups is 1. The second kappa shape index (κ2) is 10.3. The van der Waals surface area contributed by atoms with E-state index < -0.39 is 10.5 Å². The fourth-order valence-corrected chi connectivity index (χ4v) is 4.71. The molecule has 0 radical (unpaired) electrons. The lowest BCUT2D eigenvalue weighted by Crippen LogP contribution is -2.46. The van der Waals surface area contributed by atoms with Crippen molar-refractivity contribution >= 4 is 33.5 Å². The van der Waals surface area contributed by atoms with Crippen LogP contribution >= 0.6 is 15.9 Å². The summed E-state index contributed by atoms with van der Waals surface area (Å²) in [6, 6.07) is 16.7. The molecule has 10 heteroatoms. The summed E-state index contributed by atoms with van der Waals surface area (Å²) in [7, 11) is 0. The monoisotopic (exact) mass is 553 g/mol. The topological polar surface area (TPSA) is 85.9 Å². The van der Waals surface area contributed by atoms with Gasteiger partial charge >= 0.3 is 11.8 Å². The number of fused-ring (bicyclic) bond motifs is 1. The highest BCUT2D eigenvalue weighted by atomic mass is 79.9. The molecule has 0 unspecified atom stereocenters. The summed E-state index contributed by atoms with van der Waals surface area (Å²) in [5.41, 5.74) is 1.77. The number of aromatic nitrogens is 2. The average Bonchev–Trinajstić information content (AvgIpc) is 3.41. The Labute approximate surface area is 218 Å². The van der Waals surface area contributed by atoms with E-state index in [1.165, 1.54) is 17.4 Å². The molecule has 0 aliphatic carbocycles. The van der Waals surface area contributed by atoms with E-state index in [4.69, 9.17) is 9.47 Å². The van der Waals surface area contributed by atoms with Crippen LogP contribution in [0.15, 0.2) is 65.3 Å². The number of rotatable bonds is 8. The maximum absolute atomic E-state index is 10.9. The van der Waals surface area contributed by atoms with Gasteiger partial charge in [-0.1, -0.05) is 40.2 Å². The smallest absolute Gasteiger partial charge is 0.415 e. The van der Waals surface area contributed by atoms with Crippen LogP contribution in [0.3, 0.4) is 0 Å². The molecule has 3 aromatic rings. The Morgan fingerprint density at radius 2 is 1.86 bits per heavy atom. The molecule has 0 bridgehead atoms. The number of benzene rings is 2. The van der Waals surface area contributed by atoms with Gasteiger partial charge in [0.05, 0.1) is 6.54 Å². The molecule has 1 fully saturated rings. The number of hydrogen-bond donors (Lipinski definition) is 0. The molecule has 1 atom stereocenters. The van der Waals surface area contributed by atoms with Crippen molar-refractivity contribution in [2.75, 3.05) is 44.2 Å². The number of piperazine rings is 1. The second-order valence-electron chi connectivity index (χ2n) is 9.34. The van der Waals surface area contributed by atoms with E-state index in [-0.39, 0.29) is 11.8 Å². The predicted octanol–water partition coefficient (Wildman–Crippen LogP) is 4.62. The molecule has 2 aromatic carbocycles. The molecule has 2 aliphatic rings. The van der Waals surface area contributed by atoms with Gasteiger partial charge in [0.15, 0.2) is 5.60 Å². The Bertz CT molecular complexity index is 1210. The van der Waals surface area contributed by atoms with Gasteiger partial charge in [0.2, 0.25) is 0 Å². The molecule has 188 valence electrons. The standard InChI is InChI=1S/C26H28BrN5O4/c1-26(18-31-17-24(32(33)34)28-25(31)36-26)19-35-23-10-8-22(9-11-23)30-15-13-29(14-16-30)12-2-3-20-4-6-21(27)7-5-20/h2-11,17H,12-16,18-19H2,1H3/t26-/m1/s1. The van der Waals surface area contributed by atoms with Gasteiger partial charge in [0.25, 0.3) is 0 Å². The maximum atomic E-state index is 10.9. The summed E-state index contributed by atoms with van der Waals surface area (Å²) >= 11 is 3.47. The largest absolute Gasteiger partial charge is 0.489 e. The Morgan fingerprint density at radius 3 is 2.53 bits per heavy atom. The van der Waals surface area contributed by atoms with Crippen molar-refractivity contribution in [2.24, 2.45) is 0 Å². The van der Waals surface area contributed by atoms with Crippen LogP contribution in [-0.2, 0) is 6.54 Å². The van der Waals surface area contributed by atoms with E-state index in [2.05, 4.69) is 79.3 Å². The van der Waals surface area contributed by atoms with Crippen LogP contribution in [0.1, 0.15) is 12.5 Å². The van der Waals surface area contributed by atoms with Crippen LogP contribution in [0.2, 0.25) is 0 Å². The predicted molar refractivity (Wildman–Crippen MR) is 142 cm³/mol. The Kier molecular flexibility index (Phi) is 6.97. The molecule has 1 aromatic heterocycles.